The standard InChI is InChI=1S/C21H28FN3O2/c1-24-11-15(4-7-19(24)26)13-2-5-17-14(10-13)3-6-18(17)20(23)21(27)25-9-8-16(22)12-25/h2,5,10,15-16,18,20H,3-4,6-9,11-12,23H2,1H3/t15?,16?,18?,20-/m0/s1. The minimum Gasteiger partial charge on any atom is -0.345 e. The van der Waals surface area contributed by atoms with Crippen molar-refractivity contribution in [3.63, 3.8) is 0 Å². The third-order valence-corrected chi connectivity index (χ3v) is 6.55. The van der Waals surface area contributed by atoms with Crippen molar-refractivity contribution in [3.05, 3.63) is 34.9 Å². The monoisotopic (exact) mass is 373 g/mol. The normalized spacial score (nSPS) is 29.1. The summed E-state index contributed by atoms with van der Waals surface area (Å²) in [6.45, 7) is 1.41. The van der Waals surface area contributed by atoms with Crippen molar-refractivity contribution < 1.29 is 14.0 Å². The number of halogens is 1. The van der Waals surface area contributed by atoms with E-state index in [9.17, 15) is 14.0 Å². The van der Waals surface area contributed by atoms with Gasteiger partial charge in [-0.25, -0.2) is 4.39 Å². The number of carbonyl (C=O) groups excluding carboxylic acids is 2. The molecule has 2 saturated heterocycles. The summed E-state index contributed by atoms with van der Waals surface area (Å²) in [6.07, 6.45) is 2.78. The number of rotatable bonds is 3. The number of fused-ring (bicyclic) bond motifs is 1. The van der Waals surface area contributed by atoms with Crippen LogP contribution in [0.1, 0.15) is 54.2 Å². The molecule has 4 atom stereocenters. The summed E-state index contributed by atoms with van der Waals surface area (Å²) in [5, 5.41) is 0. The number of likely N-dealkylation sites (N-methyl/N-ethyl adjacent to an activating group) is 1. The Balaban J connectivity index is 1.48. The Morgan fingerprint density at radius 2 is 2.04 bits per heavy atom. The van der Waals surface area contributed by atoms with Crippen molar-refractivity contribution in [3.8, 4) is 0 Å². The summed E-state index contributed by atoms with van der Waals surface area (Å²) in [4.78, 5) is 27.8. The average Bonchev–Trinajstić information content (AvgIpc) is 3.28. The number of amides is 2. The third-order valence-electron chi connectivity index (χ3n) is 6.55. The number of hydrogen-bond acceptors (Lipinski definition) is 3. The first-order valence-corrected chi connectivity index (χ1v) is 9.99. The maximum Gasteiger partial charge on any atom is 0.240 e. The molecular weight excluding hydrogens is 345 g/mol. The lowest BCUT2D eigenvalue weighted by atomic mass is 9.87. The molecule has 1 aromatic rings. The van der Waals surface area contributed by atoms with Crippen molar-refractivity contribution in [2.45, 2.75) is 56.2 Å². The number of aryl methyl sites for hydroxylation is 1. The van der Waals surface area contributed by atoms with Gasteiger partial charge in [0.05, 0.1) is 12.6 Å². The molecule has 2 N–H and O–H groups in total. The van der Waals surface area contributed by atoms with Crippen molar-refractivity contribution in [2.24, 2.45) is 5.73 Å². The number of carbonyl (C=O) groups is 2. The first kappa shape index (κ1) is 18.4. The smallest absolute Gasteiger partial charge is 0.240 e. The second kappa shape index (κ2) is 7.23. The Morgan fingerprint density at radius 3 is 2.74 bits per heavy atom. The molecular formula is C21H28FN3O2. The van der Waals surface area contributed by atoms with E-state index in [0.29, 0.717) is 25.3 Å². The highest BCUT2D eigenvalue weighted by Gasteiger charge is 2.37. The van der Waals surface area contributed by atoms with Crippen LogP contribution in [0.25, 0.3) is 0 Å². The van der Waals surface area contributed by atoms with Crippen LogP contribution in [0.5, 0.6) is 0 Å². The number of benzene rings is 1. The number of nitrogens with two attached hydrogens (primary N) is 1. The Labute approximate surface area is 159 Å². The van der Waals surface area contributed by atoms with Crippen LogP contribution in [-0.2, 0) is 16.0 Å². The molecule has 0 aromatic heterocycles. The number of piperidine rings is 1. The van der Waals surface area contributed by atoms with Gasteiger partial charge in [0.1, 0.15) is 6.17 Å². The van der Waals surface area contributed by atoms with Gasteiger partial charge in [0.25, 0.3) is 0 Å². The highest BCUT2D eigenvalue weighted by Crippen LogP contribution is 2.38. The van der Waals surface area contributed by atoms with Gasteiger partial charge < -0.3 is 15.5 Å². The Bertz CT molecular complexity index is 753. The predicted octanol–water partition coefficient (Wildman–Crippen LogP) is 1.95. The van der Waals surface area contributed by atoms with Crippen LogP contribution < -0.4 is 5.73 Å². The maximum atomic E-state index is 13.4. The van der Waals surface area contributed by atoms with E-state index in [-0.39, 0.29) is 24.3 Å². The van der Waals surface area contributed by atoms with Crippen molar-refractivity contribution in [2.75, 3.05) is 26.7 Å². The fourth-order valence-electron chi connectivity index (χ4n) is 4.88. The average molecular weight is 373 g/mol. The quantitative estimate of drug-likeness (QED) is 0.881. The molecule has 6 heteroatoms. The molecule has 1 aliphatic carbocycles. The van der Waals surface area contributed by atoms with Gasteiger partial charge in [-0.1, -0.05) is 18.2 Å². The van der Waals surface area contributed by atoms with Gasteiger partial charge in [-0.3, -0.25) is 9.59 Å². The number of hydrogen-bond donors (Lipinski definition) is 1. The van der Waals surface area contributed by atoms with Gasteiger partial charge in [0.15, 0.2) is 0 Å². The van der Waals surface area contributed by atoms with Crippen LogP contribution in [0.4, 0.5) is 4.39 Å². The molecule has 27 heavy (non-hydrogen) atoms. The van der Waals surface area contributed by atoms with E-state index in [0.717, 1.165) is 31.4 Å². The van der Waals surface area contributed by atoms with Crippen LogP contribution in [-0.4, -0.2) is 60.5 Å². The van der Waals surface area contributed by atoms with E-state index in [2.05, 4.69) is 18.2 Å². The lowest BCUT2D eigenvalue weighted by Gasteiger charge is -2.30. The second-order valence-corrected chi connectivity index (χ2v) is 8.31. The molecule has 4 rings (SSSR count). The minimum absolute atomic E-state index is 0.0100. The fraction of sp³-hybridized carbons (Fsp3) is 0.619. The third kappa shape index (κ3) is 3.47. The molecule has 0 spiro atoms. The van der Waals surface area contributed by atoms with Crippen LogP contribution in [0.3, 0.4) is 0 Å². The van der Waals surface area contributed by atoms with E-state index >= 15 is 0 Å². The highest BCUT2D eigenvalue weighted by atomic mass is 19.1. The van der Waals surface area contributed by atoms with Crippen molar-refractivity contribution >= 4 is 11.8 Å². The van der Waals surface area contributed by atoms with Crippen LogP contribution in [0.15, 0.2) is 18.2 Å². The van der Waals surface area contributed by atoms with Gasteiger partial charge in [-0.15, -0.1) is 0 Å². The fourth-order valence-corrected chi connectivity index (χ4v) is 4.88. The largest absolute Gasteiger partial charge is 0.345 e. The predicted molar refractivity (Wildman–Crippen MR) is 101 cm³/mol. The Kier molecular flexibility index (Phi) is 4.93. The zero-order valence-corrected chi connectivity index (χ0v) is 15.9. The molecule has 0 saturated carbocycles. The van der Waals surface area contributed by atoms with Crippen LogP contribution >= 0.6 is 0 Å². The first-order chi connectivity index (χ1) is 12.9. The molecule has 5 nitrogen and oxygen atoms in total. The van der Waals surface area contributed by atoms with Crippen LogP contribution in [0, 0.1) is 0 Å². The second-order valence-electron chi connectivity index (χ2n) is 8.31. The van der Waals surface area contributed by atoms with E-state index in [1.807, 2.05) is 11.9 Å². The molecule has 2 heterocycles. The summed E-state index contributed by atoms with van der Waals surface area (Å²) in [5.41, 5.74) is 10.0. The number of likely N-dealkylation sites (tertiary alicyclic amines) is 2. The van der Waals surface area contributed by atoms with Gasteiger partial charge in [-0.2, -0.15) is 0 Å². The highest BCUT2D eigenvalue weighted by molar-refractivity contribution is 5.83. The Hall–Kier alpha value is -1.95. The SMILES string of the molecule is CN1CC(c2ccc3c(c2)CCC3[C@H](N)C(=O)N2CCC(F)C2)CCC1=O. The summed E-state index contributed by atoms with van der Waals surface area (Å²) >= 11 is 0. The maximum absolute atomic E-state index is 13.4. The molecule has 2 aliphatic heterocycles. The van der Waals surface area contributed by atoms with Crippen molar-refractivity contribution in [1.82, 2.24) is 9.80 Å². The number of nitrogens with zero attached hydrogens (tertiary/aromatic N) is 2. The summed E-state index contributed by atoms with van der Waals surface area (Å²) < 4.78 is 13.4. The summed E-state index contributed by atoms with van der Waals surface area (Å²) in [6, 6.07) is 5.90. The lowest BCUT2D eigenvalue weighted by Crippen LogP contribution is -2.45. The molecule has 146 valence electrons. The molecule has 2 fully saturated rings. The van der Waals surface area contributed by atoms with E-state index in [4.69, 9.17) is 5.73 Å². The van der Waals surface area contributed by atoms with Gasteiger partial charge in [-0.05, 0) is 42.4 Å². The van der Waals surface area contributed by atoms with Gasteiger partial charge in [0.2, 0.25) is 11.8 Å². The molecule has 3 unspecified atom stereocenters. The minimum atomic E-state index is -0.917. The molecule has 0 radical (unpaired) electrons. The van der Waals surface area contributed by atoms with Crippen molar-refractivity contribution in [1.29, 1.82) is 0 Å². The van der Waals surface area contributed by atoms with Gasteiger partial charge in [0, 0.05) is 38.4 Å². The van der Waals surface area contributed by atoms with Gasteiger partial charge >= 0.3 is 0 Å². The summed E-state index contributed by atoms with van der Waals surface area (Å²) in [5.74, 6) is 0.480. The van der Waals surface area contributed by atoms with Crippen LogP contribution in [0.2, 0.25) is 0 Å². The lowest BCUT2D eigenvalue weighted by molar-refractivity contribution is -0.133. The zero-order chi connectivity index (χ0) is 19.1. The van der Waals surface area contributed by atoms with E-state index in [1.54, 1.807) is 4.90 Å². The number of alkyl halides is 1. The molecule has 0 bridgehead atoms. The Morgan fingerprint density at radius 1 is 1.22 bits per heavy atom. The van der Waals surface area contributed by atoms with E-state index < -0.39 is 12.2 Å². The summed E-state index contributed by atoms with van der Waals surface area (Å²) in [7, 11) is 1.86. The molecule has 2 amide bonds. The first-order valence-electron chi connectivity index (χ1n) is 9.99. The topological polar surface area (TPSA) is 66.6 Å². The molecule has 1 aromatic carbocycles. The zero-order valence-electron chi connectivity index (χ0n) is 15.9. The van der Waals surface area contributed by atoms with E-state index in [1.165, 1.54) is 11.1 Å². The molecule has 3 aliphatic rings.